The van der Waals surface area contributed by atoms with Gasteiger partial charge in [0.2, 0.25) is 0 Å². The molecule has 0 aromatic heterocycles. The van der Waals surface area contributed by atoms with Crippen molar-refractivity contribution in [3.05, 3.63) is 108 Å². The van der Waals surface area contributed by atoms with E-state index in [1.807, 2.05) is 97.9 Å². The molecule has 1 fully saturated rings. The Morgan fingerprint density at radius 2 is 0.966 bits per heavy atom. The Morgan fingerprint density at radius 3 is 1.43 bits per heavy atom. The molecule has 3 aromatic rings. The summed E-state index contributed by atoms with van der Waals surface area (Å²) in [6, 6.07) is 30.3. The number of esters is 1. The summed E-state index contributed by atoms with van der Waals surface area (Å²) >= 11 is 5.61. The normalized spacial score (nSPS) is 19.2. The maximum atomic E-state index is 12.5. The van der Waals surface area contributed by atoms with E-state index in [-0.39, 0.29) is 5.97 Å². The van der Waals surface area contributed by atoms with E-state index in [0.717, 1.165) is 34.4 Å². The number of carbonyl (C=O) groups is 1. The van der Waals surface area contributed by atoms with Crippen molar-refractivity contribution in [1.82, 2.24) is 0 Å². The first-order valence-electron chi connectivity index (χ1n) is 22.4. The molecular formula is C50H72O7S. The summed E-state index contributed by atoms with van der Waals surface area (Å²) in [5.41, 5.74) is 3.13. The first-order valence-corrected chi connectivity index (χ1v) is 22.8. The molecule has 8 heteroatoms. The van der Waals surface area contributed by atoms with Crippen molar-refractivity contribution in [2.45, 2.75) is 180 Å². The smallest absolute Gasteiger partial charge is 0.305 e. The van der Waals surface area contributed by atoms with Crippen LogP contribution >= 0.6 is 12.2 Å². The van der Waals surface area contributed by atoms with Crippen molar-refractivity contribution >= 4 is 23.1 Å². The van der Waals surface area contributed by atoms with Crippen LogP contribution in [0.5, 0.6) is 0 Å². The second-order valence-electron chi connectivity index (χ2n) is 15.9. The molecule has 0 aliphatic carbocycles. The number of hydrogen-bond acceptors (Lipinski definition) is 8. The summed E-state index contributed by atoms with van der Waals surface area (Å²) in [7, 11) is 0. The standard InChI is InChI=1S/C50H72O7S/c1-3-4-5-6-7-8-9-10-11-12-13-14-15-16-26-34-46(51)52-35-27-36-53-50-49(56-40-44-32-24-19-25-33-44)48(55-39-43-30-22-18-23-31-43)47(45(57-50)37-41(2)58)54-38-42-28-20-17-21-29-42/h17-25,28-33,45,47-50H,3-16,26-27,34-40H2,1-2H3/t45-,47-,48+,49-,50+/m1/s1. The van der Waals surface area contributed by atoms with Crippen LogP contribution in [0.3, 0.4) is 0 Å². The molecule has 1 saturated heterocycles. The minimum atomic E-state index is -0.753. The third-order valence-electron chi connectivity index (χ3n) is 10.8. The second-order valence-corrected chi connectivity index (χ2v) is 16.6. The highest BCUT2D eigenvalue weighted by molar-refractivity contribution is 7.80. The number of benzene rings is 3. The Labute approximate surface area is 355 Å². The third-order valence-corrected chi connectivity index (χ3v) is 10.9. The number of thiocarbonyl (C=S) groups is 1. The molecule has 1 aliphatic rings. The lowest BCUT2D eigenvalue weighted by molar-refractivity contribution is -0.322. The summed E-state index contributed by atoms with van der Waals surface area (Å²) < 4.78 is 38.8. The molecule has 1 aliphatic heterocycles. The van der Waals surface area contributed by atoms with Crippen molar-refractivity contribution in [2.24, 2.45) is 0 Å². The highest BCUT2D eigenvalue weighted by Crippen LogP contribution is 2.33. The lowest BCUT2D eigenvalue weighted by Gasteiger charge is -2.46. The van der Waals surface area contributed by atoms with Gasteiger partial charge in [0.25, 0.3) is 0 Å². The van der Waals surface area contributed by atoms with Gasteiger partial charge in [0.05, 0.1) is 39.1 Å². The van der Waals surface area contributed by atoms with Crippen molar-refractivity contribution in [3.63, 3.8) is 0 Å². The van der Waals surface area contributed by atoms with Crippen molar-refractivity contribution in [1.29, 1.82) is 0 Å². The number of hydrogen-bond donors (Lipinski definition) is 0. The van der Waals surface area contributed by atoms with E-state index in [2.05, 4.69) is 6.92 Å². The lowest BCUT2D eigenvalue weighted by atomic mass is 9.95. The molecule has 1 heterocycles. The largest absolute Gasteiger partial charge is 0.466 e. The molecule has 0 bridgehead atoms. The van der Waals surface area contributed by atoms with E-state index in [1.165, 1.54) is 83.5 Å². The monoisotopic (exact) mass is 816 g/mol. The van der Waals surface area contributed by atoms with Gasteiger partial charge in [0.1, 0.15) is 18.3 Å². The molecule has 0 spiro atoms. The van der Waals surface area contributed by atoms with Crippen LogP contribution in [0.4, 0.5) is 0 Å². The van der Waals surface area contributed by atoms with Crippen LogP contribution < -0.4 is 0 Å². The number of rotatable bonds is 32. The molecule has 0 unspecified atom stereocenters. The van der Waals surface area contributed by atoms with E-state index in [4.69, 9.17) is 40.6 Å². The molecule has 0 amide bonds. The molecular weight excluding hydrogens is 745 g/mol. The molecule has 5 atom stereocenters. The fourth-order valence-corrected chi connectivity index (χ4v) is 7.65. The highest BCUT2D eigenvalue weighted by Gasteiger charge is 2.49. The summed E-state index contributed by atoms with van der Waals surface area (Å²) in [6.45, 7) is 5.92. The van der Waals surface area contributed by atoms with Gasteiger partial charge in [0.15, 0.2) is 6.29 Å². The number of unbranched alkanes of at least 4 members (excludes halogenated alkanes) is 14. The molecule has 4 rings (SSSR count). The van der Waals surface area contributed by atoms with Gasteiger partial charge in [0, 0.05) is 19.3 Å². The van der Waals surface area contributed by atoms with Crippen LogP contribution in [-0.4, -0.2) is 54.8 Å². The molecule has 58 heavy (non-hydrogen) atoms. The van der Waals surface area contributed by atoms with Crippen LogP contribution in [0.2, 0.25) is 0 Å². The van der Waals surface area contributed by atoms with Gasteiger partial charge < -0.3 is 28.4 Å². The fourth-order valence-electron chi connectivity index (χ4n) is 7.48. The summed E-state index contributed by atoms with van der Waals surface area (Å²) in [5.74, 6) is -0.142. The minimum Gasteiger partial charge on any atom is -0.466 e. The Balaban J connectivity index is 1.25. The first-order chi connectivity index (χ1) is 28.5. The van der Waals surface area contributed by atoms with Crippen molar-refractivity contribution in [3.8, 4) is 0 Å². The summed E-state index contributed by atoms with van der Waals surface area (Å²) in [4.78, 5) is 13.3. The molecule has 0 N–H and O–H groups in total. The van der Waals surface area contributed by atoms with Gasteiger partial charge in [-0.15, -0.1) is 0 Å². The zero-order valence-corrected chi connectivity index (χ0v) is 36.4. The summed E-state index contributed by atoms with van der Waals surface area (Å²) in [5, 5.41) is 0. The van der Waals surface area contributed by atoms with Gasteiger partial charge in [-0.1, -0.05) is 200 Å². The summed E-state index contributed by atoms with van der Waals surface area (Å²) in [6.07, 6.45) is 18.2. The van der Waals surface area contributed by atoms with E-state index < -0.39 is 30.7 Å². The minimum absolute atomic E-state index is 0.142. The van der Waals surface area contributed by atoms with Gasteiger partial charge in [-0.3, -0.25) is 4.79 Å². The Bertz CT molecular complexity index is 1470. The number of carbonyl (C=O) groups excluding carboxylic acids is 1. The van der Waals surface area contributed by atoms with Crippen LogP contribution in [0, 0.1) is 0 Å². The van der Waals surface area contributed by atoms with E-state index in [0.29, 0.717) is 52.3 Å². The van der Waals surface area contributed by atoms with Crippen LogP contribution in [0.1, 0.15) is 146 Å². The zero-order chi connectivity index (χ0) is 40.9. The predicted octanol–water partition coefficient (Wildman–Crippen LogP) is 12.5. The van der Waals surface area contributed by atoms with E-state index in [1.54, 1.807) is 0 Å². The maximum Gasteiger partial charge on any atom is 0.305 e. The van der Waals surface area contributed by atoms with Crippen molar-refractivity contribution < 1.29 is 33.2 Å². The molecule has 3 aromatic carbocycles. The van der Waals surface area contributed by atoms with Crippen LogP contribution in [-0.2, 0) is 53.0 Å². The second kappa shape index (κ2) is 30.1. The topological polar surface area (TPSA) is 72.5 Å². The number of ether oxygens (including phenoxy) is 6. The average molecular weight is 817 g/mol. The van der Waals surface area contributed by atoms with E-state index >= 15 is 0 Å². The quantitative estimate of drug-likeness (QED) is 0.0350. The molecule has 0 saturated carbocycles. The van der Waals surface area contributed by atoms with Crippen LogP contribution in [0.15, 0.2) is 91.0 Å². The van der Waals surface area contributed by atoms with Gasteiger partial charge in [-0.2, -0.15) is 0 Å². The van der Waals surface area contributed by atoms with Gasteiger partial charge in [-0.05, 0) is 34.9 Å². The zero-order valence-electron chi connectivity index (χ0n) is 35.6. The Hall–Kier alpha value is -2.98. The Kier molecular flexibility index (Phi) is 24.8. The van der Waals surface area contributed by atoms with Crippen molar-refractivity contribution in [2.75, 3.05) is 13.2 Å². The lowest BCUT2D eigenvalue weighted by Crippen LogP contribution is -2.61. The first kappa shape index (κ1) is 47.7. The third kappa shape index (κ3) is 19.8. The highest BCUT2D eigenvalue weighted by atomic mass is 32.1. The van der Waals surface area contributed by atoms with E-state index in [9.17, 15) is 4.79 Å². The molecule has 7 nitrogen and oxygen atoms in total. The average Bonchev–Trinajstić information content (AvgIpc) is 3.24. The maximum absolute atomic E-state index is 12.5. The predicted molar refractivity (Wildman–Crippen MR) is 238 cm³/mol. The van der Waals surface area contributed by atoms with Crippen LogP contribution in [0.25, 0.3) is 0 Å². The van der Waals surface area contributed by atoms with Gasteiger partial charge in [-0.25, -0.2) is 0 Å². The fraction of sp³-hybridized carbons (Fsp3) is 0.600. The Morgan fingerprint density at radius 1 is 0.534 bits per heavy atom. The van der Waals surface area contributed by atoms with Gasteiger partial charge >= 0.3 is 5.97 Å². The SMILES string of the molecule is CCCCCCCCCCCCCCCCCC(=O)OCCCO[C@H]1O[C@H](CC(C)=S)[C@@H](OCc2ccccc2)[C@H](OCc2ccccc2)[C@H]1OCc1ccccc1. The molecule has 0 radical (unpaired) electrons. The molecule has 320 valence electrons.